The molecule has 100 valence electrons. The Balaban J connectivity index is 3.02. The zero-order valence-corrected chi connectivity index (χ0v) is 12.1. The maximum atomic E-state index is 12.2. The second-order valence-electron chi connectivity index (χ2n) is 4.77. The van der Waals surface area contributed by atoms with Crippen molar-refractivity contribution in [3.63, 3.8) is 0 Å². The molecule has 1 aromatic rings. The zero-order valence-electron chi connectivity index (χ0n) is 11.2. The van der Waals surface area contributed by atoms with Crippen LogP contribution in [0.5, 0.6) is 0 Å². The third-order valence-corrected chi connectivity index (χ3v) is 4.28. The van der Waals surface area contributed by atoms with Gasteiger partial charge in [-0.2, -0.15) is 11.3 Å². The van der Waals surface area contributed by atoms with Crippen LogP contribution >= 0.6 is 11.3 Å². The second kappa shape index (κ2) is 5.52. The van der Waals surface area contributed by atoms with Crippen LogP contribution in [0.25, 0.3) is 0 Å². The standard InChI is InChI=1S/C13H20N2O2S/c1-5-13(8(2)3,12(14)17)15-11(16)10-7-18-6-9(10)4/h6-8H,5H2,1-4H3,(H2,14,17)(H,15,16). The molecule has 0 bridgehead atoms. The minimum atomic E-state index is -0.981. The summed E-state index contributed by atoms with van der Waals surface area (Å²) in [4.78, 5) is 23.9. The molecule has 1 rings (SSSR count). The maximum absolute atomic E-state index is 12.2. The molecule has 0 aliphatic heterocycles. The van der Waals surface area contributed by atoms with Gasteiger partial charge in [-0.15, -0.1) is 0 Å². The van der Waals surface area contributed by atoms with Crippen LogP contribution in [0, 0.1) is 12.8 Å². The number of nitrogens with one attached hydrogen (secondary N) is 1. The van der Waals surface area contributed by atoms with Gasteiger partial charge in [0.1, 0.15) is 5.54 Å². The van der Waals surface area contributed by atoms with Gasteiger partial charge in [-0.25, -0.2) is 0 Å². The lowest BCUT2D eigenvalue weighted by Gasteiger charge is -2.34. The van der Waals surface area contributed by atoms with Gasteiger partial charge >= 0.3 is 0 Å². The molecule has 1 atom stereocenters. The lowest BCUT2D eigenvalue weighted by atomic mass is 9.82. The molecule has 1 unspecified atom stereocenters. The zero-order chi connectivity index (χ0) is 13.9. The van der Waals surface area contributed by atoms with Crippen molar-refractivity contribution in [1.82, 2.24) is 5.32 Å². The number of hydrogen-bond donors (Lipinski definition) is 2. The summed E-state index contributed by atoms with van der Waals surface area (Å²) in [6.07, 6.45) is 0.481. The molecule has 0 spiro atoms. The topological polar surface area (TPSA) is 72.2 Å². The third kappa shape index (κ3) is 2.56. The van der Waals surface area contributed by atoms with Gasteiger partial charge in [0.05, 0.1) is 5.56 Å². The van der Waals surface area contributed by atoms with Crippen molar-refractivity contribution in [3.8, 4) is 0 Å². The van der Waals surface area contributed by atoms with E-state index in [1.807, 2.05) is 33.1 Å². The minimum Gasteiger partial charge on any atom is -0.368 e. The summed E-state index contributed by atoms with van der Waals surface area (Å²) in [5.74, 6) is -0.771. The van der Waals surface area contributed by atoms with E-state index in [4.69, 9.17) is 5.73 Å². The van der Waals surface area contributed by atoms with E-state index in [-0.39, 0.29) is 11.8 Å². The monoisotopic (exact) mass is 268 g/mol. The van der Waals surface area contributed by atoms with Crippen molar-refractivity contribution in [2.45, 2.75) is 39.7 Å². The number of amides is 2. The van der Waals surface area contributed by atoms with E-state index in [0.29, 0.717) is 12.0 Å². The van der Waals surface area contributed by atoms with E-state index in [9.17, 15) is 9.59 Å². The normalized spacial score (nSPS) is 14.3. The van der Waals surface area contributed by atoms with Crippen LogP contribution in [0.1, 0.15) is 43.1 Å². The van der Waals surface area contributed by atoms with Crippen LogP contribution in [-0.2, 0) is 4.79 Å². The van der Waals surface area contributed by atoms with Gasteiger partial charge in [0.2, 0.25) is 5.91 Å². The molecule has 3 N–H and O–H groups in total. The van der Waals surface area contributed by atoms with Crippen molar-refractivity contribution in [3.05, 3.63) is 21.9 Å². The summed E-state index contributed by atoms with van der Waals surface area (Å²) in [5.41, 5.74) is 6.01. The molecule has 0 radical (unpaired) electrons. The molecular formula is C13H20N2O2S. The van der Waals surface area contributed by atoms with E-state index >= 15 is 0 Å². The first-order valence-electron chi connectivity index (χ1n) is 6.00. The fraction of sp³-hybridized carbons (Fsp3) is 0.538. The fourth-order valence-electron chi connectivity index (χ4n) is 2.02. The molecule has 5 heteroatoms. The van der Waals surface area contributed by atoms with Gasteiger partial charge in [0, 0.05) is 5.38 Å². The summed E-state index contributed by atoms with van der Waals surface area (Å²) in [5, 5.41) is 6.50. The maximum Gasteiger partial charge on any atom is 0.253 e. The average molecular weight is 268 g/mol. The Morgan fingerprint density at radius 1 is 1.44 bits per heavy atom. The number of carbonyl (C=O) groups is 2. The largest absolute Gasteiger partial charge is 0.368 e. The van der Waals surface area contributed by atoms with E-state index in [1.54, 1.807) is 5.38 Å². The Morgan fingerprint density at radius 3 is 2.39 bits per heavy atom. The van der Waals surface area contributed by atoms with Gasteiger partial charge in [0.25, 0.3) is 5.91 Å². The lowest BCUT2D eigenvalue weighted by Crippen LogP contribution is -2.60. The fourth-order valence-corrected chi connectivity index (χ4v) is 2.85. The molecule has 0 aliphatic carbocycles. The number of nitrogens with two attached hydrogens (primary N) is 1. The van der Waals surface area contributed by atoms with Crippen LogP contribution in [-0.4, -0.2) is 17.4 Å². The van der Waals surface area contributed by atoms with Gasteiger partial charge in [-0.1, -0.05) is 20.8 Å². The Kier molecular flexibility index (Phi) is 4.51. The summed E-state index contributed by atoms with van der Waals surface area (Å²) in [6, 6.07) is 0. The van der Waals surface area contributed by atoms with Gasteiger partial charge in [0.15, 0.2) is 0 Å². The molecule has 0 aromatic carbocycles. The number of carbonyl (C=O) groups excluding carboxylic acids is 2. The highest BCUT2D eigenvalue weighted by Gasteiger charge is 2.40. The first-order valence-corrected chi connectivity index (χ1v) is 6.94. The number of rotatable bonds is 5. The summed E-state index contributed by atoms with van der Waals surface area (Å²) >= 11 is 1.47. The summed E-state index contributed by atoms with van der Waals surface area (Å²) in [6.45, 7) is 7.49. The van der Waals surface area contributed by atoms with E-state index < -0.39 is 11.4 Å². The predicted octanol–water partition coefficient (Wildman–Crippen LogP) is 2.08. The highest BCUT2D eigenvalue weighted by atomic mass is 32.1. The minimum absolute atomic E-state index is 0.0529. The molecule has 0 aliphatic rings. The van der Waals surface area contributed by atoms with Crippen LogP contribution < -0.4 is 11.1 Å². The number of aryl methyl sites for hydroxylation is 1. The molecule has 0 saturated carbocycles. The second-order valence-corrected chi connectivity index (χ2v) is 5.51. The number of hydrogen-bond acceptors (Lipinski definition) is 3. The van der Waals surface area contributed by atoms with Crippen molar-refractivity contribution in [2.75, 3.05) is 0 Å². The lowest BCUT2D eigenvalue weighted by molar-refractivity contribution is -0.126. The smallest absolute Gasteiger partial charge is 0.253 e. The van der Waals surface area contributed by atoms with Crippen LogP contribution in [0.3, 0.4) is 0 Å². The van der Waals surface area contributed by atoms with Gasteiger partial charge in [-0.3, -0.25) is 9.59 Å². The van der Waals surface area contributed by atoms with Crippen LogP contribution in [0.2, 0.25) is 0 Å². The highest BCUT2D eigenvalue weighted by molar-refractivity contribution is 7.08. The summed E-state index contributed by atoms with van der Waals surface area (Å²) < 4.78 is 0. The average Bonchev–Trinajstić information content (AvgIpc) is 2.71. The van der Waals surface area contributed by atoms with Crippen molar-refractivity contribution >= 4 is 23.2 Å². The van der Waals surface area contributed by atoms with Crippen molar-refractivity contribution < 1.29 is 9.59 Å². The third-order valence-electron chi connectivity index (χ3n) is 3.42. The molecule has 18 heavy (non-hydrogen) atoms. The highest BCUT2D eigenvalue weighted by Crippen LogP contribution is 2.23. The Morgan fingerprint density at radius 2 is 2.06 bits per heavy atom. The molecule has 1 heterocycles. The van der Waals surface area contributed by atoms with Crippen molar-refractivity contribution in [2.24, 2.45) is 11.7 Å². The van der Waals surface area contributed by atoms with Gasteiger partial charge < -0.3 is 11.1 Å². The Bertz CT molecular complexity index is 454. The molecular weight excluding hydrogens is 248 g/mol. The Hall–Kier alpha value is -1.36. The van der Waals surface area contributed by atoms with Crippen molar-refractivity contribution in [1.29, 1.82) is 0 Å². The molecule has 4 nitrogen and oxygen atoms in total. The predicted molar refractivity (Wildman–Crippen MR) is 73.6 cm³/mol. The summed E-state index contributed by atoms with van der Waals surface area (Å²) in [7, 11) is 0. The Labute approximate surface area is 112 Å². The first-order chi connectivity index (χ1) is 8.35. The van der Waals surface area contributed by atoms with Crippen LogP contribution in [0.4, 0.5) is 0 Å². The SMILES string of the molecule is CCC(NC(=O)c1cscc1C)(C(N)=O)C(C)C. The molecule has 2 amide bonds. The van der Waals surface area contributed by atoms with Crippen LogP contribution in [0.15, 0.2) is 10.8 Å². The van der Waals surface area contributed by atoms with E-state index in [0.717, 1.165) is 5.56 Å². The molecule has 0 fully saturated rings. The first kappa shape index (κ1) is 14.7. The molecule has 1 aromatic heterocycles. The van der Waals surface area contributed by atoms with E-state index in [2.05, 4.69) is 5.32 Å². The quantitative estimate of drug-likeness (QED) is 0.858. The van der Waals surface area contributed by atoms with E-state index in [1.165, 1.54) is 11.3 Å². The number of thiophene rings is 1. The van der Waals surface area contributed by atoms with Gasteiger partial charge in [-0.05, 0) is 30.2 Å². The molecule has 0 saturated heterocycles. The number of primary amides is 1.